The Morgan fingerprint density at radius 1 is 1.15 bits per heavy atom. The van der Waals surface area contributed by atoms with Gasteiger partial charge in [-0.05, 0) is 19.1 Å². The van der Waals surface area contributed by atoms with Crippen molar-refractivity contribution in [2.24, 2.45) is 0 Å². The molecule has 0 saturated carbocycles. The zero-order valence-electron chi connectivity index (χ0n) is 19.7. The van der Waals surface area contributed by atoms with E-state index in [9.17, 15) is 14.7 Å². The number of hydrogen-bond acceptors (Lipinski definition) is 5. The Hall–Kier alpha value is -4.01. The number of pyridine rings is 1. The third-order valence-corrected chi connectivity index (χ3v) is 5.65. The molecule has 4 rings (SSSR count). The van der Waals surface area contributed by atoms with Gasteiger partial charge in [-0.3, -0.25) is 0 Å². The number of carbonyl (C=O) groups excluding carboxylic acids is 1. The van der Waals surface area contributed by atoms with Gasteiger partial charge in [-0.15, -0.1) is 0 Å². The summed E-state index contributed by atoms with van der Waals surface area (Å²) in [5, 5.41) is 10.5. The van der Waals surface area contributed by atoms with Crippen molar-refractivity contribution < 1.29 is 24.2 Å². The Morgan fingerprint density at radius 2 is 1.94 bits per heavy atom. The average molecular weight is 465 g/mol. The van der Waals surface area contributed by atoms with Crippen LogP contribution < -0.4 is 9.47 Å². The molecule has 3 aromatic heterocycles. The van der Waals surface area contributed by atoms with Crippen LogP contribution in [0.3, 0.4) is 0 Å². The van der Waals surface area contributed by atoms with Crippen LogP contribution in [-0.4, -0.2) is 56.7 Å². The van der Waals surface area contributed by atoms with Crippen molar-refractivity contribution in [1.29, 1.82) is 0 Å². The van der Waals surface area contributed by atoms with E-state index in [0.29, 0.717) is 28.6 Å². The zero-order chi connectivity index (χ0) is 24.4. The van der Waals surface area contributed by atoms with Crippen molar-refractivity contribution in [3.8, 4) is 11.5 Å². The number of carbonyl (C=O) groups is 2. The number of aromatic carboxylic acids is 1. The molecular formula is C25H28N4O5. The number of aryl methyl sites for hydroxylation is 2. The second-order valence-electron chi connectivity index (χ2n) is 8.10. The fourth-order valence-electron chi connectivity index (χ4n) is 4.04. The van der Waals surface area contributed by atoms with E-state index in [1.165, 1.54) is 4.90 Å². The minimum Gasteiger partial charge on any atom is -0.492 e. The number of aromatic nitrogens is 3. The molecule has 9 nitrogen and oxygen atoms in total. The van der Waals surface area contributed by atoms with E-state index < -0.39 is 12.1 Å². The highest BCUT2D eigenvalue weighted by molar-refractivity contribution is 6.13. The van der Waals surface area contributed by atoms with Gasteiger partial charge >= 0.3 is 12.1 Å². The molecule has 0 aliphatic heterocycles. The second-order valence-corrected chi connectivity index (χ2v) is 8.10. The smallest absolute Gasteiger partial charge is 0.414 e. The number of amides is 1. The predicted molar refractivity (Wildman–Crippen MR) is 128 cm³/mol. The lowest BCUT2D eigenvalue weighted by Gasteiger charge is -2.13. The highest BCUT2D eigenvalue weighted by Crippen LogP contribution is 2.38. The number of carboxylic acid groups (broad SMARTS) is 1. The summed E-state index contributed by atoms with van der Waals surface area (Å²) in [4.78, 5) is 30.4. The van der Waals surface area contributed by atoms with Gasteiger partial charge in [-0.1, -0.05) is 13.0 Å². The zero-order valence-corrected chi connectivity index (χ0v) is 19.7. The molecule has 34 heavy (non-hydrogen) atoms. The number of benzene rings is 1. The van der Waals surface area contributed by atoms with E-state index in [1.54, 1.807) is 49.0 Å². The van der Waals surface area contributed by atoms with Crippen molar-refractivity contribution in [3.63, 3.8) is 0 Å². The number of fused-ring (bicyclic) bond motifs is 3. The molecule has 0 fully saturated rings. The lowest BCUT2D eigenvalue weighted by Crippen LogP contribution is -2.25. The van der Waals surface area contributed by atoms with Crippen LogP contribution >= 0.6 is 0 Å². The van der Waals surface area contributed by atoms with Crippen molar-refractivity contribution in [3.05, 3.63) is 59.8 Å². The Balaban J connectivity index is 1.76. The van der Waals surface area contributed by atoms with Gasteiger partial charge in [0.05, 0.1) is 34.3 Å². The average Bonchev–Trinajstić information content (AvgIpc) is 3.37. The van der Waals surface area contributed by atoms with E-state index in [1.807, 2.05) is 12.3 Å². The summed E-state index contributed by atoms with van der Waals surface area (Å²) >= 11 is 0. The molecule has 0 atom stereocenters. The quantitative estimate of drug-likeness (QED) is 0.419. The van der Waals surface area contributed by atoms with E-state index in [4.69, 9.17) is 9.47 Å². The molecule has 9 heteroatoms. The molecule has 0 aliphatic carbocycles. The minimum atomic E-state index is -1.06. The van der Waals surface area contributed by atoms with Gasteiger partial charge in [-0.25, -0.2) is 14.6 Å². The molecule has 0 saturated heterocycles. The molecule has 178 valence electrons. The molecule has 3 heterocycles. The first-order valence-electron chi connectivity index (χ1n) is 11.2. The molecule has 1 amide bonds. The third kappa shape index (κ3) is 4.28. The summed E-state index contributed by atoms with van der Waals surface area (Å²) in [5.41, 5.74) is 2.15. The summed E-state index contributed by atoms with van der Waals surface area (Å²) in [5.74, 6) is 0.566. The van der Waals surface area contributed by atoms with Crippen LogP contribution in [0, 0.1) is 0 Å². The molecule has 4 aromatic rings. The van der Waals surface area contributed by atoms with Crippen LogP contribution in [0.25, 0.3) is 16.4 Å². The molecule has 0 bridgehead atoms. The maximum Gasteiger partial charge on any atom is 0.414 e. The van der Waals surface area contributed by atoms with Gasteiger partial charge in [0, 0.05) is 58.0 Å². The Morgan fingerprint density at radius 3 is 2.59 bits per heavy atom. The van der Waals surface area contributed by atoms with E-state index >= 15 is 0 Å². The standard InChI is InChI=1S/C25H28N4O5/c1-5-21-26-16(15-28(21)6-2)10-12-33-20-14-17(34-25(32)27(3)4)13-19-22(20)23(24(30)31)18-9-7-8-11-29(18)19/h7-9,11,13-15H,5-6,10,12H2,1-4H3,(H,30,31). The first-order chi connectivity index (χ1) is 16.3. The molecular weight excluding hydrogens is 436 g/mol. The first kappa shape index (κ1) is 23.2. The molecule has 0 radical (unpaired) electrons. The van der Waals surface area contributed by atoms with E-state index in [0.717, 1.165) is 24.5 Å². The van der Waals surface area contributed by atoms with Crippen LogP contribution in [-0.2, 0) is 19.4 Å². The summed E-state index contributed by atoms with van der Waals surface area (Å²) in [6.45, 7) is 5.27. The number of hydrogen-bond donors (Lipinski definition) is 1. The maximum atomic E-state index is 12.2. The Kier molecular flexibility index (Phi) is 6.45. The summed E-state index contributed by atoms with van der Waals surface area (Å²) in [6, 6.07) is 8.55. The molecule has 1 N–H and O–H groups in total. The van der Waals surface area contributed by atoms with Gasteiger partial charge in [0.25, 0.3) is 0 Å². The first-order valence-corrected chi connectivity index (χ1v) is 11.2. The lowest BCUT2D eigenvalue weighted by atomic mass is 10.1. The van der Waals surface area contributed by atoms with Crippen LogP contribution in [0.5, 0.6) is 11.5 Å². The fraction of sp³-hybridized carbons (Fsp3) is 0.320. The second kappa shape index (κ2) is 9.46. The summed E-state index contributed by atoms with van der Waals surface area (Å²) < 4.78 is 15.5. The van der Waals surface area contributed by atoms with Gasteiger partial charge in [0.15, 0.2) is 0 Å². The largest absolute Gasteiger partial charge is 0.492 e. The number of rotatable bonds is 8. The van der Waals surface area contributed by atoms with Crippen LogP contribution in [0.4, 0.5) is 4.79 Å². The van der Waals surface area contributed by atoms with Crippen LogP contribution in [0.15, 0.2) is 42.7 Å². The number of carboxylic acids is 1. The summed E-state index contributed by atoms with van der Waals surface area (Å²) in [7, 11) is 3.18. The SMILES string of the molecule is CCc1nc(CCOc2cc(OC(=O)N(C)C)cc3c2c(C(=O)O)c2ccccn23)cn1CC. The van der Waals surface area contributed by atoms with Crippen molar-refractivity contribution in [1.82, 2.24) is 18.9 Å². The predicted octanol–water partition coefficient (Wildman–Crippen LogP) is 4.25. The van der Waals surface area contributed by atoms with Crippen molar-refractivity contribution in [2.45, 2.75) is 33.2 Å². The normalized spacial score (nSPS) is 11.2. The molecule has 1 aromatic carbocycles. The van der Waals surface area contributed by atoms with Crippen molar-refractivity contribution >= 4 is 28.5 Å². The minimum absolute atomic E-state index is 0.139. The van der Waals surface area contributed by atoms with E-state index in [-0.39, 0.29) is 17.9 Å². The maximum absolute atomic E-state index is 12.2. The van der Waals surface area contributed by atoms with Crippen LogP contribution in [0.2, 0.25) is 0 Å². The summed E-state index contributed by atoms with van der Waals surface area (Å²) in [6.07, 6.45) is 4.64. The molecule has 0 unspecified atom stereocenters. The van der Waals surface area contributed by atoms with Crippen LogP contribution in [0.1, 0.15) is 35.7 Å². The molecule has 0 spiro atoms. The monoisotopic (exact) mass is 464 g/mol. The number of imidazole rings is 1. The Bertz CT molecular complexity index is 1350. The highest BCUT2D eigenvalue weighted by Gasteiger charge is 2.23. The van der Waals surface area contributed by atoms with Gasteiger partial charge < -0.3 is 28.4 Å². The number of nitrogens with zero attached hydrogens (tertiary/aromatic N) is 4. The van der Waals surface area contributed by atoms with Gasteiger partial charge in [0.1, 0.15) is 17.3 Å². The fourth-order valence-corrected chi connectivity index (χ4v) is 4.04. The molecule has 0 aliphatic rings. The highest BCUT2D eigenvalue weighted by atomic mass is 16.6. The van der Waals surface area contributed by atoms with Gasteiger partial charge in [0.2, 0.25) is 0 Å². The third-order valence-electron chi connectivity index (χ3n) is 5.65. The van der Waals surface area contributed by atoms with Crippen molar-refractivity contribution in [2.75, 3.05) is 20.7 Å². The lowest BCUT2D eigenvalue weighted by molar-refractivity contribution is 0.0700. The van der Waals surface area contributed by atoms with E-state index in [2.05, 4.69) is 23.4 Å². The van der Waals surface area contributed by atoms with Gasteiger partial charge in [-0.2, -0.15) is 0 Å². The number of ether oxygens (including phenoxy) is 2. The topological polar surface area (TPSA) is 98.3 Å². The Labute approximate surface area is 197 Å².